The smallest absolute Gasteiger partial charge is 0.277 e. The van der Waals surface area contributed by atoms with Crippen LogP contribution in [-0.2, 0) is 11.2 Å². The molecule has 0 unspecified atom stereocenters. The molecule has 0 aliphatic rings. The van der Waals surface area contributed by atoms with Gasteiger partial charge in [-0.2, -0.15) is 4.68 Å². The Balaban J connectivity index is 1.57. The van der Waals surface area contributed by atoms with Crippen LogP contribution >= 0.6 is 11.3 Å². The maximum atomic E-state index is 12.9. The second kappa shape index (κ2) is 7.89. The standard InChI is InChI=1S/C22H20N4O2S/c1-14-8-10-16(11-9-14)19-13-29-22(24-19)26-21(28)18(15(2)25-26)12-20(27)23-17-6-4-3-5-7-17/h3-11,13,25H,12H2,1-2H3,(H,23,27). The van der Waals surface area contributed by atoms with E-state index in [9.17, 15) is 9.59 Å². The van der Waals surface area contributed by atoms with Crippen LogP contribution < -0.4 is 10.9 Å². The van der Waals surface area contributed by atoms with Crippen LogP contribution in [0.25, 0.3) is 16.4 Å². The van der Waals surface area contributed by atoms with E-state index in [4.69, 9.17) is 0 Å². The molecule has 6 nitrogen and oxygen atoms in total. The number of benzene rings is 2. The number of anilines is 1. The van der Waals surface area contributed by atoms with Crippen LogP contribution in [0, 0.1) is 13.8 Å². The lowest BCUT2D eigenvalue weighted by Crippen LogP contribution is -2.22. The van der Waals surface area contributed by atoms with Crippen LogP contribution in [0.2, 0.25) is 0 Å². The minimum atomic E-state index is -0.254. The molecule has 29 heavy (non-hydrogen) atoms. The van der Waals surface area contributed by atoms with E-state index in [1.807, 2.05) is 66.9 Å². The van der Waals surface area contributed by atoms with E-state index in [0.29, 0.717) is 22.1 Å². The number of nitrogens with zero attached hydrogens (tertiary/aromatic N) is 2. The SMILES string of the molecule is Cc1ccc(-c2csc(-n3[nH]c(C)c(CC(=O)Nc4ccccc4)c3=O)n2)cc1. The molecule has 0 bridgehead atoms. The lowest BCUT2D eigenvalue weighted by Gasteiger charge is -2.03. The van der Waals surface area contributed by atoms with Crippen molar-refractivity contribution in [1.29, 1.82) is 0 Å². The van der Waals surface area contributed by atoms with Crippen molar-refractivity contribution < 1.29 is 4.79 Å². The summed E-state index contributed by atoms with van der Waals surface area (Å²) in [4.78, 5) is 29.8. The third kappa shape index (κ3) is 4.05. The Bertz CT molecular complexity index is 1200. The third-order valence-electron chi connectivity index (χ3n) is 4.62. The van der Waals surface area contributed by atoms with Crippen molar-refractivity contribution in [2.24, 2.45) is 0 Å². The molecule has 1 amide bonds. The van der Waals surface area contributed by atoms with Gasteiger partial charge in [-0.05, 0) is 26.0 Å². The maximum absolute atomic E-state index is 12.9. The van der Waals surface area contributed by atoms with Crippen LogP contribution in [0.15, 0.2) is 64.8 Å². The molecule has 0 atom stereocenters. The molecule has 0 aliphatic carbocycles. The zero-order valence-electron chi connectivity index (χ0n) is 16.1. The molecule has 0 fully saturated rings. The Morgan fingerprint density at radius 2 is 1.83 bits per heavy atom. The van der Waals surface area contributed by atoms with Crippen LogP contribution in [0.1, 0.15) is 16.8 Å². The van der Waals surface area contributed by atoms with Gasteiger partial charge in [0, 0.05) is 27.9 Å². The Labute approximate surface area is 171 Å². The van der Waals surface area contributed by atoms with Crippen LogP contribution in [-0.4, -0.2) is 20.7 Å². The van der Waals surface area contributed by atoms with Crippen LogP contribution in [0.4, 0.5) is 5.69 Å². The van der Waals surface area contributed by atoms with E-state index in [-0.39, 0.29) is 17.9 Å². The molecule has 0 radical (unpaired) electrons. The zero-order valence-corrected chi connectivity index (χ0v) is 16.9. The molecule has 7 heteroatoms. The van der Waals surface area contributed by atoms with Gasteiger partial charge in [-0.3, -0.25) is 14.7 Å². The summed E-state index contributed by atoms with van der Waals surface area (Å²) >= 11 is 1.38. The van der Waals surface area contributed by atoms with Gasteiger partial charge in [0.15, 0.2) is 0 Å². The summed E-state index contributed by atoms with van der Waals surface area (Å²) < 4.78 is 1.41. The topological polar surface area (TPSA) is 79.8 Å². The van der Waals surface area contributed by atoms with Crippen molar-refractivity contribution in [3.05, 3.63) is 87.2 Å². The number of nitrogens with one attached hydrogen (secondary N) is 2. The van der Waals surface area contributed by atoms with Gasteiger partial charge in [0.1, 0.15) is 0 Å². The second-order valence-corrected chi connectivity index (χ2v) is 7.66. The van der Waals surface area contributed by atoms with Crippen LogP contribution in [0.3, 0.4) is 0 Å². The number of carbonyl (C=O) groups excluding carboxylic acids is 1. The van der Waals surface area contributed by atoms with Gasteiger partial charge in [0.25, 0.3) is 5.56 Å². The molecule has 0 aliphatic heterocycles. The molecule has 2 heterocycles. The highest BCUT2D eigenvalue weighted by Gasteiger charge is 2.18. The van der Waals surface area contributed by atoms with E-state index >= 15 is 0 Å². The first-order valence-electron chi connectivity index (χ1n) is 9.19. The van der Waals surface area contributed by atoms with Gasteiger partial charge in [0.2, 0.25) is 11.0 Å². The van der Waals surface area contributed by atoms with Gasteiger partial charge in [0.05, 0.1) is 12.1 Å². The largest absolute Gasteiger partial charge is 0.326 e. The molecule has 146 valence electrons. The Kier molecular flexibility index (Phi) is 5.14. The highest BCUT2D eigenvalue weighted by Crippen LogP contribution is 2.24. The number of aromatic amines is 1. The Morgan fingerprint density at radius 3 is 2.55 bits per heavy atom. The fraction of sp³-hybridized carbons (Fsp3) is 0.136. The number of aromatic nitrogens is 3. The fourth-order valence-electron chi connectivity index (χ4n) is 3.04. The zero-order chi connectivity index (χ0) is 20.4. The van der Waals surface area contributed by atoms with Crippen LogP contribution in [0.5, 0.6) is 0 Å². The number of hydrogen-bond acceptors (Lipinski definition) is 4. The molecule has 4 rings (SSSR count). The number of hydrogen-bond donors (Lipinski definition) is 2. The van der Waals surface area contributed by atoms with Crippen molar-refractivity contribution >= 4 is 22.9 Å². The minimum absolute atomic E-state index is 0.000739. The minimum Gasteiger partial charge on any atom is -0.326 e. The van der Waals surface area contributed by atoms with E-state index in [2.05, 4.69) is 15.4 Å². The Hall–Kier alpha value is -3.45. The first kappa shape index (κ1) is 18.9. The number of aryl methyl sites for hydroxylation is 2. The first-order chi connectivity index (χ1) is 14.0. The highest BCUT2D eigenvalue weighted by molar-refractivity contribution is 7.12. The molecule has 2 aromatic heterocycles. The van der Waals surface area contributed by atoms with Crippen molar-refractivity contribution in [2.45, 2.75) is 20.3 Å². The maximum Gasteiger partial charge on any atom is 0.277 e. The summed E-state index contributed by atoms with van der Waals surface area (Å²) in [6.45, 7) is 3.82. The number of rotatable bonds is 5. The summed E-state index contributed by atoms with van der Waals surface area (Å²) in [7, 11) is 0. The summed E-state index contributed by atoms with van der Waals surface area (Å²) in [5, 5.41) is 8.32. The molecule has 0 spiro atoms. The number of para-hydroxylation sites is 1. The second-order valence-electron chi connectivity index (χ2n) is 6.83. The number of thiazole rings is 1. The molecule has 0 saturated heterocycles. The van der Waals surface area contributed by atoms with Crippen molar-refractivity contribution in [3.8, 4) is 16.4 Å². The van der Waals surface area contributed by atoms with Gasteiger partial charge < -0.3 is 5.32 Å². The quantitative estimate of drug-likeness (QED) is 0.526. The Morgan fingerprint density at radius 1 is 1.10 bits per heavy atom. The third-order valence-corrected chi connectivity index (χ3v) is 5.44. The van der Waals surface area contributed by atoms with E-state index < -0.39 is 0 Å². The fourth-order valence-corrected chi connectivity index (χ4v) is 3.83. The van der Waals surface area contributed by atoms with E-state index in [0.717, 1.165) is 11.3 Å². The van der Waals surface area contributed by atoms with E-state index in [1.54, 1.807) is 6.92 Å². The molecular formula is C22H20N4O2S. The molecule has 0 saturated carbocycles. The predicted molar refractivity (Wildman–Crippen MR) is 116 cm³/mol. The van der Waals surface area contributed by atoms with Gasteiger partial charge in [-0.25, -0.2) is 4.98 Å². The summed E-state index contributed by atoms with van der Waals surface area (Å²) in [5.41, 5.74) is 4.53. The van der Waals surface area contributed by atoms with Crippen molar-refractivity contribution in [3.63, 3.8) is 0 Å². The molecule has 2 N–H and O–H groups in total. The molecular weight excluding hydrogens is 384 g/mol. The molecule has 2 aromatic carbocycles. The summed E-state index contributed by atoms with van der Waals surface area (Å²) in [6, 6.07) is 17.3. The van der Waals surface area contributed by atoms with Gasteiger partial charge >= 0.3 is 0 Å². The van der Waals surface area contributed by atoms with Crippen molar-refractivity contribution in [1.82, 2.24) is 14.8 Å². The summed E-state index contributed by atoms with van der Waals surface area (Å²) in [6.07, 6.45) is -0.000739. The highest BCUT2D eigenvalue weighted by atomic mass is 32.1. The normalized spacial score (nSPS) is 10.8. The van der Waals surface area contributed by atoms with Crippen molar-refractivity contribution in [2.75, 3.05) is 5.32 Å². The number of carbonyl (C=O) groups is 1. The van der Waals surface area contributed by atoms with Gasteiger partial charge in [-0.15, -0.1) is 11.3 Å². The first-order valence-corrected chi connectivity index (χ1v) is 10.1. The van der Waals surface area contributed by atoms with E-state index in [1.165, 1.54) is 21.6 Å². The number of H-pyrrole nitrogens is 1. The lowest BCUT2D eigenvalue weighted by atomic mass is 10.1. The molecule has 4 aromatic rings. The lowest BCUT2D eigenvalue weighted by molar-refractivity contribution is -0.115. The predicted octanol–water partition coefficient (Wildman–Crippen LogP) is 4.09. The average Bonchev–Trinajstić information content (AvgIpc) is 3.30. The number of amides is 1. The summed E-state index contributed by atoms with van der Waals surface area (Å²) in [5.74, 6) is -0.234. The van der Waals surface area contributed by atoms with Gasteiger partial charge in [-0.1, -0.05) is 48.0 Å². The average molecular weight is 404 g/mol. The monoisotopic (exact) mass is 404 g/mol.